The third-order valence-electron chi connectivity index (χ3n) is 6.67. The van der Waals surface area contributed by atoms with Crippen LogP contribution in [-0.4, -0.2) is 58.9 Å². The van der Waals surface area contributed by atoms with Gasteiger partial charge in [-0.15, -0.1) is 0 Å². The molecule has 3 amide bonds. The third-order valence-corrected chi connectivity index (χ3v) is 6.67. The molecule has 3 aliphatic rings. The van der Waals surface area contributed by atoms with Gasteiger partial charge in [0.25, 0.3) is 5.91 Å². The molecule has 0 aliphatic carbocycles. The number of piperidine rings is 1. The van der Waals surface area contributed by atoms with E-state index in [0.717, 1.165) is 0 Å². The summed E-state index contributed by atoms with van der Waals surface area (Å²) in [5, 5.41) is 2.28. The molecular weight excluding hydrogens is 465 g/mol. The highest BCUT2D eigenvalue weighted by Gasteiger charge is 2.40. The lowest BCUT2D eigenvalue weighted by molar-refractivity contribution is -0.136. The number of benzene rings is 2. The predicted octanol–water partition coefficient (Wildman–Crippen LogP) is 2.77. The summed E-state index contributed by atoms with van der Waals surface area (Å²) in [4.78, 5) is 40.0. The number of amides is 3. The molecule has 190 valence electrons. The monoisotopic (exact) mass is 497 g/mol. The van der Waals surface area contributed by atoms with E-state index in [9.17, 15) is 18.8 Å². The molecule has 2 fully saturated rings. The second-order valence-electron chi connectivity index (χ2n) is 9.55. The zero-order valence-electron chi connectivity index (χ0n) is 22.3. The maximum absolute atomic E-state index is 14.8. The van der Waals surface area contributed by atoms with Gasteiger partial charge in [0, 0.05) is 45.4 Å². The van der Waals surface area contributed by atoms with Crippen LogP contribution in [0.4, 0.5) is 4.39 Å². The van der Waals surface area contributed by atoms with Crippen molar-refractivity contribution in [1.82, 2.24) is 15.1 Å². The molecule has 3 atom stereocenters. The van der Waals surface area contributed by atoms with Crippen molar-refractivity contribution in [3.05, 3.63) is 64.5 Å². The van der Waals surface area contributed by atoms with Gasteiger partial charge in [0.05, 0.1) is 18.8 Å². The van der Waals surface area contributed by atoms with Crippen LogP contribution in [0.25, 0.3) is 0 Å². The molecule has 0 aromatic heterocycles. The van der Waals surface area contributed by atoms with Crippen molar-refractivity contribution >= 4 is 17.7 Å². The van der Waals surface area contributed by atoms with E-state index in [4.69, 9.17) is 12.2 Å². The number of ether oxygens (including phenoxy) is 2. The molecule has 2 saturated heterocycles. The van der Waals surface area contributed by atoms with Crippen molar-refractivity contribution in [3.63, 3.8) is 0 Å². The van der Waals surface area contributed by atoms with Gasteiger partial charge in [-0.3, -0.25) is 24.6 Å². The van der Waals surface area contributed by atoms with Crippen LogP contribution < -0.4 is 10.1 Å². The number of carbonyl (C=O) groups is 3. The van der Waals surface area contributed by atoms with Crippen molar-refractivity contribution in [3.8, 4) is 5.75 Å². The summed E-state index contributed by atoms with van der Waals surface area (Å²) in [7, 11) is 0. The minimum absolute atomic E-state index is 0.125. The molecule has 8 nitrogen and oxygen atoms in total. The number of rotatable bonds is 6. The minimum Gasteiger partial charge on any atom is -0.488 e. The van der Waals surface area contributed by atoms with Gasteiger partial charge in [-0.05, 0) is 50.1 Å². The Bertz CT molecular complexity index is 1280. The van der Waals surface area contributed by atoms with Crippen molar-refractivity contribution in [1.29, 1.82) is 0 Å². The number of carbonyl (C=O) groups excluding carboxylic acids is 3. The zero-order valence-corrected chi connectivity index (χ0v) is 20.3. The second kappa shape index (κ2) is 9.99. The largest absolute Gasteiger partial charge is 0.488 e. The molecule has 5 rings (SSSR count). The van der Waals surface area contributed by atoms with Gasteiger partial charge in [0.2, 0.25) is 11.8 Å². The highest BCUT2D eigenvalue weighted by atomic mass is 19.1. The first-order valence-electron chi connectivity index (χ1n) is 13.1. The van der Waals surface area contributed by atoms with E-state index < -0.39 is 24.3 Å². The molecule has 1 N–H and O–H groups in total. The lowest BCUT2D eigenvalue weighted by Gasteiger charge is -2.35. The summed E-state index contributed by atoms with van der Waals surface area (Å²) in [6.07, 6.45) is 0.159. The normalized spacial score (nSPS) is 25.8. The smallest absolute Gasteiger partial charge is 0.255 e. The molecule has 9 heteroatoms. The number of nitrogens with one attached hydrogen (secondary N) is 1. The maximum atomic E-state index is 14.8. The molecule has 3 unspecified atom stereocenters. The molecule has 2 aromatic rings. The van der Waals surface area contributed by atoms with E-state index in [1.54, 1.807) is 23.1 Å². The molecule has 3 heterocycles. The van der Waals surface area contributed by atoms with E-state index in [-0.39, 0.29) is 55.6 Å². The Balaban J connectivity index is 1.33. The Labute approximate surface area is 212 Å². The molecule has 0 bridgehead atoms. The Morgan fingerprint density at radius 3 is 2.69 bits per heavy atom. The fourth-order valence-corrected chi connectivity index (χ4v) is 5.05. The quantitative estimate of drug-likeness (QED) is 0.618. The molecule has 2 aromatic carbocycles. The Kier molecular flexibility index (Phi) is 6.09. The Hall–Kier alpha value is -3.30. The summed E-state index contributed by atoms with van der Waals surface area (Å²) in [6, 6.07) is 8.40. The molecule has 36 heavy (non-hydrogen) atoms. The van der Waals surface area contributed by atoms with Crippen molar-refractivity contribution in [2.75, 3.05) is 13.1 Å². The van der Waals surface area contributed by atoms with E-state index in [2.05, 4.69) is 5.32 Å². The topological polar surface area (TPSA) is 88.2 Å². The summed E-state index contributed by atoms with van der Waals surface area (Å²) in [5.41, 5.74) is 1.49. The van der Waals surface area contributed by atoms with Gasteiger partial charge in [-0.1, -0.05) is 12.1 Å². The fourth-order valence-electron chi connectivity index (χ4n) is 5.05. The highest BCUT2D eigenvalue weighted by molar-refractivity contribution is 6.05. The number of hydrogen-bond donors (Lipinski definition) is 1. The van der Waals surface area contributed by atoms with Crippen LogP contribution in [0.3, 0.4) is 0 Å². The van der Waals surface area contributed by atoms with Crippen molar-refractivity contribution < 1.29 is 31.0 Å². The van der Waals surface area contributed by atoms with Crippen LogP contribution >= 0.6 is 0 Å². The van der Waals surface area contributed by atoms with Gasteiger partial charge >= 0.3 is 0 Å². The van der Waals surface area contributed by atoms with Gasteiger partial charge in [-0.25, -0.2) is 4.39 Å². The first-order chi connectivity index (χ1) is 18.0. The lowest BCUT2D eigenvalue weighted by atomic mass is 10.0. The number of fused-ring (bicyclic) bond motifs is 1. The van der Waals surface area contributed by atoms with Gasteiger partial charge in [-0.2, -0.15) is 0 Å². The van der Waals surface area contributed by atoms with E-state index in [0.29, 0.717) is 35.5 Å². The Morgan fingerprint density at radius 1 is 1.17 bits per heavy atom. The number of halogens is 1. The van der Waals surface area contributed by atoms with Gasteiger partial charge in [0.15, 0.2) is 0 Å². The SMILES string of the molecule is [2H]C([2H])(c1ccc(F)c(COc2cccc3c2CN(C2CCC(=O)NC2=O)C3=O)c1)N1CC(C)OC(C)C1. The lowest BCUT2D eigenvalue weighted by Crippen LogP contribution is -2.52. The van der Waals surface area contributed by atoms with Crippen LogP contribution in [0.5, 0.6) is 5.75 Å². The number of nitrogens with zero attached hydrogens (tertiary/aromatic N) is 2. The summed E-state index contributed by atoms with van der Waals surface area (Å²) in [6.45, 7) is 2.74. The first kappa shape index (κ1) is 21.9. The maximum Gasteiger partial charge on any atom is 0.255 e. The number of morpholine rings is 1. The van der Waals surface area contributed by atoms with Crippen LogP contribution in [-0.2, 0) is 34.0 Å². The van der Waals surface area contributed by atoms with Crippen molar-refractivity contribution in [2.24, 2.45) is 0 Å². The predicted molar refractivity (Wildman–Crippen MR) is 129 cm³/mol. The van der Waals surface area contributed by atoms with Gasteiger partial charge in [0.1, 0.15) is 24.2 Å². The first-order valence-corrected chi connectivity index (χ1v) is 12.1. The van der Waals surface area contributed by atoms with Crippen LogP contribution in [0, 0.1) is 5.82 Å². The van der Waals surface area contributed by atoms with E-state index in [1.165, 1.54) is 23.1 Å². The van der Waals surface area contributed by atoms with Crippen LogP contribution in [0.2, 0.25) is 0 Å². The van der Waals surface area contributed by atoms with E-state index in [1.807, 2.05) is 13.8 Å². The van der Waals surface area contributed by atoms with Crippen LogP contribution in [0.15, 0.2) is 36.4 Å². The molecular formula is C27H30FN3O5. The van der Waals surface area contributed by atoms with Crippen molar-refractivity contribution in [2.45, 2.75) is 64.6 Å². The highest BCUT2D eigenvalue weighted by Crippen LogP contribution is 2.34. The molecule has 0 radical (unpaired) electrons. The summed E-state index contributed by atoms with van der Waals surface area (Å²) in [5.74, 6) is -1.32. The minimum atomic E-state index is -1.84. The zero-order chi connectivity index (χ0) is 27.2. The summed E-state index contributed by atoms with van der Waals surface area (Å²) >= 11 is 0. The molecule has 0 spiro atoms. The number of imide groups is 1. The average Bonchev–Trinajstić information content (AvgIpc) is 3.19. The number of hydrogen-bond acceptors (Lipinski definition) is 6. The second-order valence-corrected chi connectivity index (χ2v) is 9.55. The fraction of sp³-hybridized carbons (Fsp3) is 0.444. The average molecular weight is 498 g/mol. The van der Waals surface area contributed by atoms with Gasteiger partial charge < -0.3 is 14.4 Å². The van der Waals surface area contributed by atoms with E-state index >= 15 is 0 Å². The standard InChI is InChI=1S/C27H30FN3O5/c1-16-11-30(12-17(2)36-16)13-18-6-7-22(28)19(10-18)15-35-24-5-3-4-20-21(24)14-31(27(20)34)23-8-9-25(32)29-26(23)33/h3-7,10,16-17,23H,8-9,11-15H2,1-2H3,(H,29,32,33)/i13D2. The Morgan fingerprint density at radius 2 is 1.94 bits per heavy atom. The molecule has 0 saturated carbocycles. The summed E-state index contributed by atoms with van der Waals surface area (Å²) < 4.78 is 44.0. The molecule has 3 aliphatic heterocycles. The van der Waals surface area contributed by atoms with Crippen LogP contribution in [0.1, 0.15) is 56.5 Å². The third kappa shape index (κ3) is 4.99.